The third-order valence-electron chi connectivity index (χ3n) is 3.64. The molecule has 1 aromatic rings. The van der Waals surface area contributed by atoms with E-state index in [0.717, 1.165) is 19.5 Å². The number of hydrogen-bond donors (Lipinski definition) is 1. The molecular weight excluding hydrogens is 264 g/mol. The highest BCUT2D eigenvalue weighted by Crippen LogP contribution is 2.28. The van der Waals surface area contributed by atoms with Crippen molar-refractivity contribution in [2.75, 3.05) is 13.1 Å². The van der Waals surface area contributed by atoms with Gasteiger partial charge in [0.1, 0.15) is 0 Å². The molecule has 4 heteroatoms. The molecule has 0 aromatic heterocycles. The van der Waals surface area contributed by atoms with Crippen molar-refractivity contribution in [3.05, 3.63) is 35.9 Å². The molecular formula is C14H21ClN2S. The Kier molecular flexibility index (Phi) is 6.06. The Balaban J connectivity index is 0.00000162. The van der Waals surface area contributed by atoms with Crippen LogP contribution in [0.25, 0.3) is 0 Å². The molecule has 1 unspecified atom stereocenters. The number of halogens is 1. The van der Waals surface area contributed by atoms with E-state index in [4.69, 9.17) is 18.0 Å². The molecule has 2 N–H and O–H groups in total. The minimum atomic E-state index is 0. The van der Waals surface area contributed by atoms with Gasteiger partial charge in [-0.05, 0) is 31.4 Å². The Labute approximate surface area is 121 Å². The van der Waals surface area contributed by atoms with Gasteiger partial charge >= 0.3 is 0 Å². The SMILES string of the molecule is C[C@H](c1ccccc1)N1CCC(CC(N)=S)C1.Cl. The zero-order valence-corrected chi connectivity index (χ0v) is 12.3. The molecule has 0 amide bonds. The van der Waals surface area contributed by atoms with Crippen molar-refractivity contribution in [2.24, 2.45) is 11.7 Å². The van der Waals surface area contributed by atoms with Crippen LogP contribution in [0.15, 0.2) is 30.3 Å². The summed E-state index contributed by atoms with van der Waals surface area (Å²) in [5.74, 6) is 0.652. The largest absolute Gasteiger partial charge is 0.393 e. The van der Waals surface area contributed by atoms with Gasteiger partial charge in [0.25, 0.3) is 0 Å². The fourth-order valence-electron chi connectivity index (χ4n) is 2.61. The number of hydrogen-bond acceptors (Lipinski definition) is 2. The molecule has 0 aliphatic carbocycles. The van der Waals surface area contributed by atoms with Gasteiger partial charge in [0.05, 0.1) is 4.99 Å². The van der Waals surface area contributed by atoms with Crippen LogP contribution >= 0.6 is 24.6 Å². The molecule has 0 radical (unpaired) electrons. The highest BCUT2D eigenvalue weighted by molar-refractivity contribution is 7.80. The van der Waals surface area contributed by atoms with Gasteiger partial charge in [0.15, 0.2) is 0 Å². The summed E-state index contributed by atoms with van der Waals surface area (Å²) in [5.41, 5.74) is 7.01. The van der Waals surface area contributed by atoms with Gasteiger partial charge in [-0.3, -0.25) is 4.90 Å². The first-order chi connectivity index (χ1) is 8.16. The van der Waals surface area contributed by atoms with Crippen LogP contribution in [0.4, 0.5) is 0 Å². The minimum absolute atomic E-state index is 0. The van der Waals surface area contributed by atoms with E-state index in [0.29, 0.717) is 16.9 Å². The van der Waals surface area contributed by atoms with Crippen LogP contribution in [0.1, 0.15) is 31.4 Å². The Morgan fingerprint density at radius 3 is 2.72 bits per heavy atom. The maximum Gasteiger partial charge on any atom is 0.0730 e. The van der Waals surface area contributed by atoms with Crippen molar-refractivity contribution in [1.29, 1.82) is 0 Å². The Hall–Kier alpha value is -0.640. The van der Waals surface area contributed by atoms with Crippen molar-refractivity contribution in [3.8, 4) is 0 Å². The second kappa shape index (κ2) is 7.07. The third-order valence-corrected chi connectivity index (χ3v) is 3.80. The smallest absolute Gasteiger partial charge is 0.0730 e. The van der Waals surface area contributed by atoms with E-state index < -0.39 is 0 Å². The monoisotopic (exact) mass is 284 g/mol. The van der Waals surface area contributed by atoms with E-state index in [1.54, 1.807) is 0 Å². The summed E-state index contributed by atoms with van der Waals surface area (Å²) in [6.07, 6.45) is 2.11. The van der Waals surface area contributed by atoms with Crippen molar-refractivity contribution in [2.45, 2.75) is 25.8 Å². The predicted molar refractivity (Wildman–Crippen MR) is 83.2 cm³/mol. The van der Waals surface area contributed by atoms with Crippen LogP contribution < -0.4 is 5.73 Å². The number of rotatable bonds is 4. The normalized spacial score (nSPS) is 21.3. The fourth-order valence-corrected chi connectivity index (χ4v) is 2.84. The molecule has 1 saturated heterocycles. The quantitative estimate of drug-likeness (QED) is 0.861. The van der Waals surface area contributed by atoms with Gasteiger partial charge < -0.3 is 5.73 Å². The Morgan fingerprint density at radius 1 is 1.44 bits per heavy atom. The van der Waals surface area contributed by atoms with E-state index in [1.165, 1.54) is 12.0 Å². The molecule has 100 valence electrons. The second-order valence-corrected chi connectivity index (χ2v) is 5.43. The minimum Gasteiger partial charge on any atom is -0.393 e. The lowest BCUT2D eigenvalue weighted by molar-refractivity contribution is 0.253. The van der Waals surface area contributed by atoms with E-state index >= 15 is 0 Å². The van der Waals surface area contributed by atoms with Crippen LogP contribution in [0.2, 0.25) is 0 Å². The van der Waals surface area contributed by atoms with Gasteiger partial charge in [0.2, 0.25) is 0 Å². The van der Waals surface area contributed by atoms with Crippen LogP contribution in [0, 0.1) is 5.92 Å². The first kappa shape index (κ1) is 15.4. The highest BCUT2D eigenvalue weighted by Gasteiger charge is 2.26. The molecule has 1 aromatic carbocycles. The number of benzene rings is 1. The molecule has 0 spiro atoms. The third kappa shape index (κ3) is 3.94. The molecule has 2 rings (SSSR count). The average molecular weight is 285 g/mol. The van der Waals surface area contributed by atoms with Gasteiger partial charge in [-0.15, -0.1) is 12.4 Å². The number of nitrogens with two attached hydrogens (primary N) is 1. The topological polar surface area (TPSA) is 29.3 Å². The molecule has 1 fully saturated rings. The van der Waals surface area contributed by atoms with Gasteiger partial charge in [-0.2, -0.15) is 0 Å². The first-order valence-electron chi connectivity index (χ1n) is 6.24. The summed E-state index contributed by atoms with van der Waals surface area (Å²) < 4.78 is 0. The summed E-state index contributed by atoms with van der Waals surface area (Å²) in [6, 6.07) is 11.2. The molecule has 0 bridgehead atoms. The predicted octanol–water partition coefficient (Wildman–Crippen LogP) is 3.17. The lowest BCUT2D eigenvalue weighted by atomic mass is 10.0. The maximum atomic E-state index is 5.62. The molecule has 18 heavy (non-hydrogen) atoms. The fraction of sp³-hybridized carbons (Fsp3) is 0.500. The van der Waals surface area contributed by atoms with Crippen LogP contribution in [-0.4, -0.2) is 23.0 Å². The lowest BCUT2D eigenvalue weighted by Crippen LogP contribution is -2.25. The van der Waals surface area contributed by atoms with Crippen LogP contribution in [0.3, 0.4) is 0 Å². The van der Waals surface area contributed by atoms with Crippen molar-refractivity contribution in [1.82, 2.24) is 4.90 Å². The van der Waals surface area contributed by atoms with E-state index in [9.17, 15) is 0 Å². The average Bonchev–Trinajstić information content (AvgIpc) is 2.77. The molecule has 0 saturated carbocycles. The molecule has 1 aliphatic rings. The van der Waals surface area contributed by atoms with Gasteiger partial charge in [-0.1, -0.05) is 42.5 Å². The second-order valence-electron chi connectivity index (χ2n) is 4.91. The molecule has 2 nitrogen and oxygen atoms in total. The first-order valence-corrected chi connectivity index (χ1v) is 6.65. The van der Waals surface area contributed by atoms with Crippen molar-refractivity contribution < 1.29 is 0 Å². The van der Waals surface area contributed by atoms with Gasteiger partial charge in [-0.25, -0.2) is 0 Å². The Bertz CT molecular complexity index is 383. The standard InChI is InChI=1S/C14H20N2S.ClH/c1-11(13-5-3-2-4-6-13)16-8-7-12(10-16)9-14(15)17;/h2-6,11-12H,7-10H2,1H3,(H2,15,17);1H/t11-,12?;/m1./s1. The highest BCUT2D eigenvalue weighted by atomic mass is 35.5. The summed E-state index contributed by atoms with van der Waals surface area (Å²) in [6.45, 7) is 4.55. The van der Waals surface area contributed by atoms with E-state index in [2.05, 4.69) is 42.2 Å². The lowest BCUT2D eigenvalue weighted by Gasteiger charge is -2.24. The van der Waals surface area contributed by atoms with Crippen LogP contribution in [0.5, 0.6) is 0 Å². The number of thiocarbonyl (C=S) groups is 1. The molecule has 1 aliphatic heterocycles. The molecule has 1 heterocycles. The zero-order chi connectivity index (χ0) is 12.3. The zero-order valence-electron chi connectivity index (χ0n) is 10.7. The number of likely N-dealkylation sites (tertiary alicyclic amines) is 1. The summed E-state index contributed by atoms with van der Waals surface area (Å²) in [4.78, 5) is 3.18. The molecule has 2 atom stereocenters. The van der Waals surface area contributed by atoms with Crippen molar-refractivity contribution >= 4 is 29.6 Å². The summed E-state index contributed by atoms with van der Waals surface area (Å²) in [7, 11) is 0. The van der Waals surface area contributed by atoms with Crippen LogP contribution in [-0.2, 0) is 0 Å². The maximum absolute atomic E-state index is 5.62. The van der Waals surface area contributed by atoms with Crippen molar-refractivity contribution in [3.63, 3.8) is 0 Å². The summed E-state index contributed by atoms with van der Waals surface area (Å²) in [5, 5.41) is 0. The van der Waals surface area contributed by atoms with E-state index in [-0.39, 0.29) is 12.4 Å². The van der Waals surface area contributed by atoms with Gasteiger partial charge in [0, 0.05) is 19.0 Å². The number of nitrogens with zero attached hydrogens (tertiary/aromatic N) is 1. The summed E-state index contributed by atoms with van der Waals surface area (Å²) >= 11 is 4.99. The van der Waals surface area contributed by atoms with E-state index in [1.807, 2.05) is 0 Å². The Morgan fingerprint density at radius 2 is 2.11 bits per heavy atom.